The number of hydrogen-bond acceptors (Lipinski definition) is 6. The zero-order valence-electron chi connectivity index (χ0n) is 18.6. The molecule has 2 amide bonds. The lowest BCUT2D eigenvalue weighted by Gasteiger charge is -2.27. The third kappa shape index (κ3) is 5.70. The van der Waals surface area contributed by atoms with Gasteiger partial charge in [-0.3, -0.25) is 14.3 Å². The van der Waals surface area contributed by atoms with E-state index in [1.807, 2.05) is 22.0 Å². The molecule has 168 valence electrons. The summed E-state index contributed by atoms with van der Waals surface area (Å²) in [6.07, 6.45) is 11.7. The third-order valence-corrected chi connectivity index (χ3v) is 5.93. The Bertz CT molecular complexity index is 850. The van der Waals surface area contributed by atoms with Crippen LogP contribution in [0.5, 0.6) is 0 Å². The summed E-state index contributed by atoms with van der Waals surface area (Å²) in [6, 6.07) is 0.0994. The smallest absolute Gasteiger partial charge is 0.223 e. The lowest BCUT2D eigenvalue weighted by atomic mass is 9.95. The molecule has 31 heavy (non-hydrogen) atoms. The molecule has 2 aliphatic heterocycles. The topological polar surface area (TPSA) is 101 Å². The van der Waals surface area contributed by atoms with E-state index in [1.54, 1.807) is 7.11 Å². The Balaban J connectivity index is 1.60. The van der Waals surface area contributed by atoms with Crippen LogP contribution in [-0.4, -0.2) is 59.0 Å². The lowest BCUT2D eigenvalue weighted by Crippen LogP contribution is -2.35. The fourth-order valence-corrected chi connectivity index (χ4v) is 4.06. The molecule has 9 heteroatoms. The molecule has 1 N–H and O–H groups in total. The van der Waals surface area contributed by atoms with Crippen LogP contribution in [0, 0.1) is 18.3 Å². The maximum absolute atomic E-state index is 12.7. The van der Waals surface area contributed by atoms with Gasteiger partial charge in [0, 0.05) is 76.0 Å². The highest BCUT2D eigenvalue weighted by Gasteiger charge is 2.42. The monoisotopic (exact) mass is 428 g/mol. The maximum atomic E-state index is 12.7. The third-order valence-electron chi connectivity index (χ3n) is 5.93. The summed E-state index contributed by atoms with van der Waals surface area (Å²) in [4.78, 5) is 27.0. The fourth-order valence-electron chi connectivity index (χ4n) is 4.06. The van der Waals surface area contributed by atoms with E-state index in [0.29, 0.717) is 51.8 Å². The van der Waals surface area contributed by atoms with Crippen molar-refractivity contribution in [2.75, 3.05) is 26.8 Å². The number of terminal acetylenes is 1. The number of carbonyl (C=O) groups is 2. The van der Waals surface area contributed by atoms with Gasteiger partial charge >= 0.3 is 0 Å². The van der Waals surface area contributed by atoms with E-state index in [9.17, 15) is 9.59 Å². The molecule has 0 bridgehead atoms. The maximum Gasteiger partial charge on any atom is 0.223 e. The highest BCUT2D eigenvalue weighted by atomic mass is 16.5. The first kappa shape index (κ1) is 22.9. The minimum atomic E-state index is -0.460. The second-order valence-electron chi connectivity index (χ2n) is 8.53. The Morgan fingerprint density at radius 3 is 2.81 bits per heavy atom. The van der Waals surface area contributed by atoms with Gasteiger partial charge in [0.15, 0.2) is 5.66 Å². The number of rotatable bonds is 12. The summed E-state index contributed by atoms with van der Waals surface area (Å²) in [5, 5.41) is 15.6. The van der Waals surface area contributed by atoms with Gasteiger partial charge in [0.2, 0.25) is 11.8 Å². The van der Waals surface area contributed by atoms with E-state index in [0.717, 1.165) is 5.56 Å². The van der Waals surface area contributed by atoms with E-state index in [1.165, 1.54) is 0 Å². The van der Waals surface area contributed by atoms with Crippen molar-refractivity contribution in [1.82, 2.24) is 20.0 Å². The van der Waals surface area contributed by atoms with Gasteiger partial charge in [-0.15, -0.1) is 12.3 Å². The minimum absolute atomic E-state index is 0.0242. The molecule has 0 spiro atoms. The van der Waals surface area contributed by atoms with Gasteiger partial charge in [0.25, 0.3) is 0 Å². The minimum Gasteiger partial charge on any atom is -0.383 e. The van der Waals surface area contributed by atoms with Gasteiger partial charge in [0.05, 0.1) is 18.8 Å². The lowest BCUT2D eigenvalue weighted by molar-refractivity contribution is -0.129. The van der Waals surface area contributed by atoms with Crippen molar-refractivity contribution in [2.24, 2.45) is 16.1 Å². The first-order valence-corrected chi connectivity index (χ1v) is 10.9. The molecule has 1 aromatic rings. The van der Waals surface area contributed by atoms with Crippen LogP contribution in [0.2, 0.25) is 0 Å². The van der Waals surface area contributed by atoms with Crippen molar-refractivity contribution in [1.29, 1.82) is 0 Å². The van der Waals surface area contributed by atoms with Gasteiger partial charge < -0.3 is 15.0 Å². The Morgan fingerprint density at radius 2 is 2.19 bits per heavy atom. The average molecular weight is 429 g/mol. The number of amides is 2. The number of carbonyl (C=O) groups excluding carboxylic acids is 2. The van der Waals surface area contributed by atoms with Crippen LogP contribution in [0.3, 0.4) is 0 Å². The van der Waals surface area contributed by atoms with Gasteiger partial charge in [-0.05, 0) is 13.8 Å². The molecule has 9 nitrogen and oxygen atoms in total. The molecule has 0 unspecified atom stereocenters. The van der Waals surface area contributed by atoms with Gasteiger partial charge in [-0.2, -0.15) is 15.3 Å². The number of likely N-dealkylation sites (tertiary alicyclic amines) is 1. The molecule has 3 heterocycles. The van der Waals surface area contributed by atoms with Crippen molar-refractivity contribution in [3.05, 3.63) is 18.0 Å². The molecule has 1 aromatic heterocycles. The van der Waals surface area contributed by atoms with Crippen LogP contribution in [0.25, 0.3) is 0 Å². The average Bonchev–Trinajstić information content (AvgIpc) is 3.21. The number of hydrogen-bond donors (Lipinski definition) is 1. The Morgan fingerprint density at radius 1 is 1.42 bits per heavy atom. The fraction of sp³-hybridized carbons (Fsp3) is 0.682. The summed E-state index contributed by atoms with van der Waals surface area (Å²) in [5.74, 6) is 2.58. The van der Waals surface area contributed by atoms with Crippen molar-refractivity contribution in [2.45, 2.75) is 63.7 Å². The normalized spacial score (nSPS) is 21.5. The quantitative estimate of drug-likeness (QED) is 0.517. The van der Waals surface area contributed by atoms with E-state index in [2.05, 4.69) is 40.4 Å². The van der Waals surface area contributed by atoms with Crippen molar-refractivity contribution >= 4 is 11.8 Å². The van der Waals surface area contributed by atoms with Gasteiger partial charge in [-0.1, -0.05) is 0 Å². The van der Waals surface area contributed by atoms with Gasteiger partial charge in [0.1, 0.15) is 0 Å². The molecule has 0 radical (unpaired) electrons. The van der Waals surface area contributed by atoms with E-state index in [-0.39, 0.29) is 29.8 Å². The van der Waals surface area contributed by atoms with Crippen LogP contribution in [0.4, 0.5) is 0 Å². The van der Waals surface area contributed by atoms with Crippen molar-refractivity contribution in [3.8, 4) is 12.3 Å². The van der Waals surface area contributed by atoms with E-state index < -0.39 is 5.66 Å². The van der Waals surface area contributed by atoms with Crippen LogP contribution in [0.15, 0.2) is 22.6 Å². The second-order valence-corrected chi connectivity index (χ2v) is 8.53. The Labute approximate surface area is 183 Å². The zero-order chi connectivity index (χ0) is 22.4. The number of nitrogens with one attached hydrogen (secondary N) is 1. The Kier molecular flexibility index (Phi) is 7.44. The first-order chi connectivity index (χ1) is 14.9. The number of ether oxygens (including phenoxy) is 1. The van der Waals surface area contributed by atoms with Crippen LogP contribution < -0.4 is 5.32 Å². The van der Waals surface area contributed by atoms with E-state index in [4.69, 9.17) is 11.2 Å². The van der Waals surface area contributed by atoms with Crippen molar-refractivity contribution < 1.29 is 14.3 Å². The molecule has 2 atom stereocenters. The molecule has 3 rings (SSSR count). The summed E-state index contributed by atoms with van der Waals surface area (Å²) in [6.45, 7) is 5.53. The summed E-state index contributed by atoms with van der Waals surface area (Å²) in [7, 11) is 1.62. The number of methoxy groups -OCH3 is 1. The predicted molar refractivity (Wildman–Crippen MR) is 115 cm³/mol. The largest absolute Gasteiger partial charge is 0.383 e. The van der Waals surface area contributed by atoms with E-state index >= 15 is 0 Å². The molecular weight excluding hydrogens is 396 g/mol. The highest BCUT2D eigenvalue weighted by Crippen LogP contribution is 2.39. The highest BCUT2D eigenvalue weighted by molar-refractivity contribution is 5.80. The van der Waals surface area contributed by atoms with Crippen LogP contribution in [0.1, 0.15) is 63.6 Å². The second kappa shape index (κ2) is 10.1. The number of aromatic nitrogens is 2. The zero-order valence-corrected chi connectivity index (χ0v) is 18.6. The molecule has 0 saturated carbocycles. The first-order valence-electron chi connectivity index (χ1n) is 10.9. The SMILES string of the molecule is C#CCCC1(CCC(=O)NC[C@H]2CC(=O)N(CCOC)[C@@H]2c2cnn(C(C)C)c2)N=N1. The standard InChI is InChI=1S/C22H32N6O3/c1-5-6-8-22(25-26-22)9-7-19(29)23-13-17-12-20(30)27(10-11-31-4)21(17)18-14-24-28(15-18)16(2)3/h1,14-17,21H,6-13H2,2-4H3,(H,23,29)/t17-,21+/m1/s1. The number of nitrogens with zero attached hydrogens (tertiary/aromatic N) is 5. The Hall–Kier alpha value is -2.73. The summed E-state index contributed by atoms with van der Waals surface area (Å²) in [5.41, 5.74) is 0.525. The molecule has 2 aliphatic rings. The summed E-state index contributed by atoms with van der Waals surface area (Å²) < 4.78 is 7.09. The molecule has 0 aromatic carbocycles. The molecule has 1 saturated heterocycles. The molecule has 0 aliphatic carbocycles. The van der Waals surface area contributed by atoms with Crippen molar-refractivity contribution in [3.63, 3.8) is 0 Å². The van der Waals surface area contributed by atoms with Crippen LogP contribution in [-0.2, 0) is 14.3 Å². The van der Waals surface area contributed by atoms with Gasteiger partial charge in [-0.25, -0.2) is 0 Å². The predicted octanol–water partition coefficient (Wildman–Crippen LogP) is 2.47. The van der Waals surface area contributed by atoms with Crippen LogP contribution >= 0.6 is 0 Å². The molecule has 1 fully saturated rings. The molecular formula is C22H32N6O3. The summed E-state index contributed by atoms with van der Waals surface area (Å²) >= 11 is 0.